The number of nitrogens with two attached hydrogens (primary N) is 1. The van der Waals surface area contributed by atoms with Crippen molar-refractivity contribution < 1.29 is 33.7 Å². The molecule has 5 N–H and O–H groups in total. The Bertz CT molecular complexity index is 1730. The molecule has 0 spiro atoms. The number of benzene rings is 4. The number of nitrogen functional groups attached to an aromatic ring is 1. The Balaban J connectivity index is 1.26. The molecule has 47 heavy (non-hydrogen) atoms. The van der Waals surface area contributed by atoms with Gasteiger partial charge < -0.3 is 40.6 Å². The van der Waals surface area contributed by atoms with E-state index >= 15 is 0 Å². The van der Waals surface area contributed by atoms with Gasteiger partial charge >= 0.3 is 12.0 Å². The number of rotatable bonds is 12. The number of amides is 3. The average molecular weight is 639 g/mol. The summed E-state index contributed by atoms with van der Waals surface area (Å²) in [5.41, 5.74) is 10.1. The zero-order valence-electron chi connectivity index (χ0n) is 26.3. The SMILES string of the molecule is COc1cc(CC(=O)N2C[C@@H](OCc3ccccc3)C[C@H]2COc2ccc(C(=O)O)cc2N)ccc1NC(=O)Nc1ccccc1C. The molecule has 0 saturated carbocycles. The summed E-state index contributed by atoms with van der Waals surface area (Å²) in [6.45, 7) is 2.84. The van der Waals surface area contributed by atoms with Crippen molar-refractivity contribution >= 4 is 35.0 Å². The highest BCUT2D eigenvalue weighted by molar-refractivity contribution is 6.01. The fourth-order valence-electron chi connectivity index (χ4n) is 5.46. The topological polar surface area (TPSA) is 152 Å². The quantitative estimate of drug-likeness (QED) is 0.144. The van der Waals surface area contributed by atoms with Gasteiger partial charge in [0, 0.05) is 12.2 Å². The summed E-state index contributed by atoms with van der Waals surface area (Å²) < 4.78 is 17.8. The van der Waals surface area contributed by atoms with Crippen LogP contribution in [0.2, 0.25) is 0 Å². The molecule has 3 amide bonds. The van der Waals surface area contributed by atoms with E-state index in [1.807, 2.05) is 61.5 Å². The molecule has 1 fully saturated rings. The highest BCUT2D eigenvalue weighted by Crippen LogP contribution is 2.29. The third kappa shape index (κ3) is 8.59. The van der Waals surface area contributed by atoms with Crippen LogP contribution in [-0.4, -0.2) is 60.3 Å². The molecule has 1 heterocycles. The summed E-state index contributed by atoms with van der Waals surface area (Å²) in [7, 11) is 1.50. The van der Waals surface area contributed by atoms with Crippen LogP contribution in [0.15, 0.2) is 91.0 Å². The van der Waals surface area contributed by atoms with E-state index in [0.29, 0.717) is 48.0 Å². The number of ether oxygens (including phenoxy) is 3. The second-order valence-corrected chi connectivity index (χ2v) is 11.3. The van der Waals surface area contributed by atoms with Gasteiger partial charge in [-0.2, -0.15) is 0 Å². The molecule has 4 aromatic rings. The number of nitrogens with zero attached hydrogens (tertiary/aromatic N) is 1. The molecule has 244 valence electrons. The zero-order chi connectivity index (χ0) is 33.3. The maximum absolute atomic E-state index is 13.7. The van der Waals surface area contributed by atoms with Gasteiger partial charge in [-0.15, -0.1) is 0 Å². The summed E-state index contributed by atoms with van der Waals surface area (Å²) in [5, 5.41) is 14.9. The van der Waals surface area contributed by atoms with Gasteiger partial charge in [0.25, 0.3) is 0 Å². The number of carboxylic acids is 1. The number of anilines is 3. The van der Waals surface area contributed by atoms with Crippen molar-refractivity contribution in [2.24, 2.45) is 0 Å². The molecule has 0 bridgehead atoms. The largest absolute Gasteiger partial charge is 0.495 e. The first-order valence-corrected chi connectivity index (χ1v) is 15.2. The average Bonchev–Trinajstić information content (AvgIpc) is 3.48. The Kier molecular flexibility index (Phi) is 10.6. The van der Waals surface area contributed by atoms with Crippen LogP contribution in [0.4, 0.5) is 21.9 Å². The standard InChI is InChI=1S/C36H38N4O7/c1-23-8-6-7-11-30(23)38-36(44)39-31-14-12-25(16-33(31)45-2)17-34(41)40-20-28(46-21-24-9-4-3-5-10-24)19-27(40)22-47-32-15-13-26(35(42)43)18-29(32)37/h3-16,18,27-28H,17,19-22,37H2,1-2H3,(H,42,43)(H2,38,39,44)/t27-,28-/m0/s1. The fourth-order valence-corrected chi connectivity index (χ4v) is 5.46. The molecule has 0 aromatic heterocycles. The lowest BCUT2D eigenvalue weighted by molar-refractivity contribution is -0.132. The zero-order valence-corrected chi connectivity index (χ0v) is 26.3. The Morgan fingerprint density at radius 1 is 0.894 bits per heavy atom. The maximum atomic E-state index is 13.7. The third-order valence-electron chi connectivity index (χ3n) is 7.98. The first-order chi connectivity index (χ1) is 22.7. The number of carbonyl (C=O) groups excluding carboxylic acids is 2. The highest BCUT2D eigenvalue weighted by Gasteiger charge is 2.36. The molecule has 11 nitrogen and oxygen atoms in total. The molecule has 1 aliphatic heterocycles. The molecule has 11 heteroatoms. The van der Waals surface area contributed by atoms with E-state index in [2.05, 4.69) is 10.6 Å². The second-order valence-electron chi connectivity index (χ2n) is 11.3. The molecule has 2 atom stereocenters. The first kappa shape index (κ1) is 32.8. The number of aryl methyl sites for hydroxylation is 1. The fraction of sp³-hybridized carbons (Fsp3) is 0.250. The monoisotopic (exact) mass is 638 g/mol. The van der Waals surface area contributed by atoms with Gasteiger partial charge in [-0.25, -0.2) is 9.59 Å². The summed E-state index contributed by atoms with van der Waals surface area (Å²) in [5.74, 6) is -0.449. The number of carbonyl (C=O) groups is 3. The predicted molar refractivity (Wildman–Crippen MR) is 179 cm³/mol. The van der Waals surface area contributed by atoms with E-state index in [4.69, 9.17) is 19.9 Å². The number of hydrogen-bond donors (Lipinski definition) is 4. The number of aromatic carboxylic acids is 1. The van der Waals surface area contributed by atoms with Crippen molar-refractivity contribution in [3.05, 3.63) is 113 Å². The van der Waals surface area contributed by atoms with Crippen LogP contribution < -0.4 is 25.8 Å². The van der Waals surface area contributed by atoms with E-state index < -0.39 is 12.0 Å². The number of carboxylic acid groups (broad SMARTS) is 1. The molecule has 1 saturated heterocycles. The van der Waals surface area contributed by atoms with E-state index in [1.165, 1.54) is 25.3 Å². The summed E-state index contributed by atoms with van der Waals surface area (Å²) in [6.07, 6.45) is 0.421. The number of nitrogens with one attached hydrogen (secondary N) is 2. The van der Waals surface area contributed by atoms with Crippen molar-refractivity contribution in [1.82, 2.24) is 4.90 Å². The van der Waals surface area contributed by atoms with E-state index in [-0.39, 0.29) is 42.3 Å². The molecular weight excluding hydrogens is 600 g/mol. The molecular formula is C36H38N4O7. The molecule has 0 unspecified atom stereocenters. The van der Waals surface area contributed by atoms with Crippen LogP contribution in [0, 0.1) is 6.92 Å². The van der Waals surface area contributed by atoms with E-state index in [9.17, 15) is 19.5 Å². The molecule has 4 aromatic carbocycles. The normalized spacial score (nSPS) is 15.6. The highest BCUT2D eigenvalue weighted by atomic mass is 16.5. The number of methoxy groups -OCH3 is 1. The Morgan fingerprint density at radius 3 is 2.36 bits per heavy atom. The number of hydrogen-bond acceptors (Lipinski definition) is 7. The molecule has 0 aliphatic carbocycles. The van der Waals surface area contributed by atoms with Gasteiger partial charge in [-0.3, -0.25) is 4.79 Å². The molecule has 5 rings (SSSR count). The van der Waals surface area contributed by atoms with Crippen LogP contribution in [0.1, 0.15) is 33.5 Å². The first-order valence-electron chi connectivity index (χ1n) is 15.2. The van der Waals surface area contributed by atoms with Crippen molar-refractivity contribution in [2.75, 3.05) is 36.6 Å². The lowest BCUT2D eigenvalue weighted by atomic mass is 10.1. The summed E-state index contributed by atoms with van der Waals surface area (Å²) >= 11 is 0. The van der Waals surface area contributed by atoms with Gasteiger partial charge in [0.1, 0.15) is 18.1 Å². The third-order valence-corrected chi connectivity index (χ3v) is 7.98. The minimum atomic E-state index is -1.08. The summed E-state index contributed by atoms with van der Waals surface area (Å²) in [4.78, 5) is 39.5. The van der Waals surface area contributed by atoms with Crippen LogP contribution in [-0.2, 0) is 22.6 Å². The van der Waals surface area contributed by atoms with Gasteiger partial charge in [-0.05, 0) is 66.4 Å². The van der Waals surface area contributed by atoms with E-state index in [0.717, 1.165) is 11.1 Å². The van der Waals surface area contributed by atoms with Crippen LogP contribution in [0.3, 0.4) is 0 Å². The number of likely N-dealkylation sites (tertiary alicyclic amines) is 1. The number of urea groups is 1. The van der Waals surface area contributed by atoms with Crippen molar-refractivity contribution in [3.8, 4) is 11.5 Å². The predicted octanol–water partition coefficient (Wildman–Crippen LogP) is 5.74. The minimum absolute atomic E-state index is 0.0606. The van der Waals surface area contributed by atoms with Crippen LogP contribution >= 0.6 is 0 Å². The van der Waals surface area contributed by atoms with Crippen molar-refractivity contribution in [3.63, 3.8) is 0 Å². The number of para-hydroxylation sites is 1. The van der Waals surface area contributed by atoms with E-state index in [1.54, 1.807) is 23.1 Å². The Morgan fingerprint density at radius 2 is 1.64 bits per heavy atom. The minimum Gasteiger partial charge on any atom is -0.495 e. The van der Waals surface area contributed by atoms with Gasteiger partial charge in [0.05, 0.1) is 49.2 Å². The maximum Gasteiger partial charge on any atom is 0.335 e. The van der Waals surface area contributed by atoms with Gasteiger partial charge in [-0.1, -0.05) is 54.6 Å². The van der Waals surface area contributed by atoms with Gasteiger partial charge in [0.2, 0.25) is 5.91 Å². The van der Waals surface area contributed by atoms with Crippen LogP contribution in [0.5, 0.6) is 11.5 Å². The molecule has 1 aliphatic rings. The molecule has 0 radical (unpaired) electrons. The Labute approximate surface area is 273 Å². The Hall–Kier alpha value is -5.55. The van der Waals surface area contributed by atoms with Crippen LogP contribution in [0.25, 0.3) is 0 Å². The lowest BCUT2D eigenvalue weighted by Crippen LogP contribution is -2.40. The van der Waals surface area contributed by atoms with Gasteiger partial charge in [0.15, 0.2) is 0 Å². The second kappa shape index (κ2) is 15.2. The smallest absolute Gasteiger partial charge is 0.335 e. The lowest BCUT2D eigenvalue weighted by Gasteiger charge is -2.25. The van der Waals surface area contributed by atoms with Crippen molar-refractivity contribution in [2.45, 2.75) is 38.5 Å². The summed E-state index contributed by atoms with van der Waals surface area (Å²) in [6, 6.07) is 26.1. The van der Waals surface area contributed by atoms with Crippen molar-refractivity contribution in [1.29, 1.82) is 0 Å².